The topological polar surface area (TPSA) is 29.1 Å². The molecule has 0 amide bonds. The van der Waals surface area contributed by atoms with Crippen LogP contribution >= 0.6 is 0 Å². The van der Waals surface area contributed by atoms with Crippen molar-refractivity contribution in [3.8, 4) is 0 Å². The molecule has 0 aromatic rings. The number of carbonyl (C=O) groups excluding carboxylic acids is 1. The Bertz CT molecular complexity index is 94.5. The van der Waals surface area contributed by atoms with Crippen molar-refractivity contribution < 1.29 is 6.22 Å². The lowest BCUT2D eigenvalue weighted by Gasteiger charge is -2.01. The second-order valence-corrected chi connectivity index (χ2v) is 2.47. The van der Waals surface area contributed by atoms with E-state index < -0.39 is 0 Å². The van der Waals surface area contributed by atoms with Crippen molar-refractivity contribution in [2.24, 2.45) is 5.92 Å². The van der Waals surface area contributed by atoms with E-state index in [1.54, 1.807) is 0 Å². The van der Waals surface area contributed by atoms with Crippen LogP contribution in [0.5, 0.6) is 0 Å². The van der Waals surface area contributed by atoms with Gasteiger partial charge in [-0.1, -0.05) is 27.7 Å². The van der Waals surface area contributed by atoms with Crippen LogP contribution < -0.4 is 5.32 Å². The second-order valence-electron chi connectivity index (χ2n) is 2.47. The molecule has 0 atom stereocenters. The predicted octanol–water partition coefficient (Wildman–Crippen LogP) is 2.09. The highest BCUT2D eigenvalue weighted by Gasteiger charge is 2.04. The predicted molar refractivity (Wildman–Crippen MR) is 51.9 cm³/mol. The third-order valence-electron chi connectivity index (χ3n) is 1.27. The zero-order chi connectivity index (χ0) is 9.28. The Morgan fingerprint density at radius 2 is 1.91 bits per heavy atom. The molecule has 0 aliphatic rings. The number of rotatable bonds is 4. The van der Waals surface area contributed by atoms with E-state index in [9.17, 15) is 4.79 Å². The normalized spacial score (nSPS) is 8.91. The van der Waals surface area contributed by atoms with Crippen LogP contribution in [0.4, 0.5) is 0 Å². The van der Waals surface area contributed by atoms with Crippen molar-refractivity contribution >= 4 is 5.78 Å². The van der Waals surface area contributed by atoms with Gasteiger partial charge in [0.15, 0.2) is 0 Å². The van der Waals surface area contributed by atoms with Gasteiger partial charge in [-0.2, -0.15) is 0 Å². The van der Waals surface area contributed by atoms with Gasteiger partial charge in [0.1, 0.15) is 5.78 Å². The molecule has 0 fully saturated rings. The monoisotopic (exact) mass is 161 g/mol. The van der Waals surface area contributed by atoms with Crippen LogP contribution in [0.25, 0.3) is 0 Å². The molecule has 0 heterocycles. The van der Waals surface area contributed by atoms with Crippen molar-refractivity contribution in [2.75, 3.05) is 13.6 Å². The molecule has 2 nitrogen and oxygen atoms in total. The van der Waals surface area contributed by atoms with Crippen LogP contribution in [0.2, 0.25) is 0 Å². The second kappa shape index (κ2) is 9.63. The van der Waals surface area contributed by atoms with E-state index >= 15 is 0 Å². The molecule has 0 aromatic carbocycles. The summed E-state index contributed by atoms with van der Waals surface area (Å²) in [6.07, 6.45) is 0.661. The van der Waals surface area contributed by atoms with E-state index in [0.29, 0.717) is 12.2 Å². The van der Waals surface area contributed by atoms with Gasteiger partial charge in [-0.3, -0.25) is 4.79 Å². The van der Waals surface area contributed by atoms with Crippen LogP contribution in [-0.2, 0) is 4.79 Å². The molecule has 0 saturated carbocycles. The first-order valence-electron chi connectivity index (χ1n) is 4.35. The lowest BCUT2D eigenvalue weighted by Crippen LogP contribution is -2.16. The quantitative estimate of drug-likeness (QED) is 0.684. The Balaban J connectivity index is -0.000000249. The molecular weight excluding hydrogens is 138 g/mol. The van der Waals surface area contributed by atoms with Gasteiger partial charge < -0.3 is 5.32 Å². The first-order chi connectivity index (χ1) is 5.18. The smallest absolute Gasteiger partial charge is 0.136 e. The van der Waals surface area contributed by atoms with Gasteiger partial charge >= 0.3 is 0 Å². The molecule has 0 saturated heterocycles. The van der Waals surface area contributed by atoms with Crippen LogP contribution in [0.15, 0.2) is 0 Å². The maximum absolute atomic E-state index is 10.9. The van der Waals surface area contributed by atoms with Gasteiger partial charge in [-0.05, 0) is 7.05 Å². The van der Waals surface area contributed by atoms with Crippen molar-refractivity contribution in [1.29, 1.82) is 0 Å². The van der Waals surface area contributed by atoms with Crippen LogP contribution in [0.3, 0.4) is 0 Å². The Kier molecular flexibility index (Phi) is 11.6. The number of hydrogen-bond donors (Lipinski definition) is 1. The lowest BCUT2D eigenvalue weighted by atomic mass is 10.1. The van der Waals surface area contributed by atoms with Gasteiger partial charge in [-0.15, -0.1) is 0 Å². The average molecular weight is 161 g/mol. The number of hydrogen-bond acceptors (Lipinski definition) is 2. The summed E-state index contributed by atoms with van der Waals surface area (Å²) >= 11 is 0. The molecule has 0 aromatic heterocycles. The van der Waals surface area contributed by atoms with Gasteiger partial charge in [0.2, 0.25) is 0 Å². The van der Waals surface area contributed by atoms with E-state index in [-0.39, 0.29) is 7.34 Å². The average Bonchev–Trinajstić information content (AvgIpc) is 2.03. The summed E-state index contributed by atoms with van der Waals surface area (Å²) in [6.45, 7) is 8.66. The van der Waals surface area contributed by atoms with Crippen LogP contribution in [0.1, 0.15) is 35.5 Å². The molecule has 70 valence electrons. The summed E-state index contributed by atoms with van der Waals surface area (Å²) in [5.41, 5.74) is 0. The SMILES string of the molecule is CC.CNCCC(=O)C(C)C.[HH]. The maximum Gasteiger partial charge on any atom is 0.136 e. The van der Waals surface area contributed by atoms with Crippen LogP contribution in [-0.4, -0.2) is 19.4 Å². The Morgan fingerprint density at radius 1 is 1.45 bits per heavy atom. The van der Waals surface area contributed by atoms with E-state index in [1.165, 1.54) is 0 Å². The zero-order valence-electron chi connectivity index (χ0n) is 8.40. The summed E-state index contributed by atoms with van der Waals surface area (Å²) in [6, 6.07) is 0. The molecule has 0 aliphatic heterocycles. The first kappa shape index (κ1) is 13.2. The van der Waals surface area contributed by atoms with E-state index in [2.05, 4.69) is 5.32 Å². The molecule has 0 radical (unpaired) electrons. The zero-order valence-corrected chi connectivity index (χ0v) is 8.40. The van der Waals surface area contributed by atoms with Gasteiger partial charge in [-0.25, -0.2) is 0 Å². The summed E-state index contributed by atoms with van der Waals surface area (Å²) in [7, 11) is 1.85. The van der Waals surface area contributed by atoms with Crippen LogP contribution in [0, 0.1) is 5.92 Å². The van der Waals surface area contributed by atoms with Crippen molar-refractivity contribution in [3.63, 3.8) is 0 Å². The molecule has 0 spiro atoms. The molecule has 0 bridgehead atoms. The molecule has 0 aliphatic carbocycles. The molecule has 2 heteroatoms. The summed E-state index contributed by atoms with van der Waals surface area (Å²) < 4.78 is 0. The fourth-order valence-electron chi connectivity index (χ4n) is 0.537. The Morgan fingerprint density at radius 3 is 2.18 bits per heavy atom. The Hall–Kier alpha value is -0.370. The van der Waals surface area contributed by atoms with Gasteiger partial charge in [0, 0.05) is 20.3 Å². The summed E-state index contributed by atoms with van der Waals surface area (Å²) in [5.74, 6) is 0.530. The highest BCUT2D eigenvalue weighted by atomic mass is 16.1. The molecule has 1 N–H and O–H groups in total. The third-order valence-corrected chi connectivity index (χ3v) is 1.27. The molecule has 11 heavy (non-hydrogen) atoms. The van der Waals surface area contributed by atoms with Crippen molar-refractivity contribution in [2.45, 2.75) is 34.1 Å². The van der Waals surface area contributed by atoms with Gasteiger partial charge in [0.05, 0.1) is 0 Å². The van der Waals surface area contributed by atoms with E-state index in [1.807, 2.05) is 34.7 Å². The summed E-state index contributed by atoms with van der Waals surface area (Å²) in [4.78, 5) is 10.9. The Labute approximate surface area is 71.9 Å². The molecule has 0 rings (SSSR count). The fraction of sp³-hybridized carbons (Fsp3) is 0.889. The minimum absolute atomic E-state index is 0. The standard InChI is InChI=1S/C7H15NO.C2H6.H2/c1-6(2)7(9)4-5-8-3;1-2;/h6,8H,4-5H2,1-3H3;1-2H3;1H. The van der Waals surface area contributed by atoms with Gasteiger partial charge in [0.25, 0.3) is 0 Å². The van der Waals surface area contributed by atoms with Crippen molar-refractivity contribution in [3.05, 3.63) is 0 Å². The largest absolute Gasteiger partial charge is 0.319 e. The number of carbonyl (C=O) groups is 1. The van der Waals surface area contributed by atoms with E-state index in [4.69, 9.17) is 0 Å². The number of ketones is 1. The molecule has 0 unspecified atom stereocenters. The molecular formula is C9H23NO. The first-order valence-corrected chi connectivity index (χ1v) is 4.35. The lowest BCUT2D eigenvalue weighted by molar-refractivity contribution is -0.121. The third kappa shape index (κ3) is 9.63. The number of Topliss-reactive ketones (excluding diaryl/α,β-unsaturated/α-hetero) is 1. The minimum Gasteiger partial charge on any atom is -0.319 e. The minimum atomic E-state index is 0. The highest BCUT2D eigenvalue weighted by Crippen LogP contribution is 1.96. The maximum atomic E-state index is 10.9. The number of nitrogens with one attached hydrogen (secondary N) is 1. The van der Waals surface area contributed by atoms with E-state index in [0.717, 1.165) is 6.54 Å². The van der Waals surface area contributed by atoms with Crippen molar-refractivity contribution in [1.82, 2.24) is 5.32 Å². The highest BCUT2D eigenvalue weighted by molar-refractivity contribution is 5.80. The fourth-order valence-corrected chi connectivity index (χ4v) is 0.537. The summed E-state index contributed by atoms with van der Waals surface area (Å²) in [5, 5.41) is 2.93.